The van der Waals surface area contributed by atoms with Gasteiger partial charge in [-0.05, 0) is 33.3 Å². The molecule has 0 amide bonds. The number of ether oxygens (including phenoxy) is 2. The number of morpholine rings is 1. The van der Waals surface area contributed by atoms with Gasteiger partial charge in [-0.1, -0.05) is 18.2 Å². The lowest BCUT2D eigenvalue weighted by atomic mass is 9.97. The van der Waals surface area contributed by atoms with Gasteiger partial charge in [0.2, 0.25) is 0 Å². The van der Waals surface area contributed by atoms with Gasteiger partial charge in [-0.15, -0.1) is 0 Å². The number of benzene rings is 1. The van der Waals surface area contributed by atoms with Crippen molar-refractivity contribution in [2.75, 3.05) is 13.2 Å². The number of fused-ring (bicyclic) bond motifs is 1. The van der Waals surface area contributed by atoms with Crippen LogP contribution in [-0.2, 0) is 22.5 Å². The van der Waals surface area contributed by atoms with E-state index in [1.54, 1.807) is 0 Å². The second kappa shape index (κ2) is 6.05. The highest BCUT2D eigenvalue weighted by Gasteiger charge is 2.37. The van der Waals surface area contributed by atoms with Gasteiger partial charge in [-0.25, -0.2) is 0 Å². The quantitative estimate of drug-likeness (QED) is 0.918. The second-order valence-corrected chi connectivity index (χ2v) is 8.17. The molecule has 2 aliphatic rings. The lowest BCUT2D eigenvalue weighted by Gasteiger charge is -2.45. The highest BCUT2D eigenvalue weighted by molar-refractivity contribution is 5.67. The maximum atomic E-state index is 11.0. The molecule has 24 heavy (non-hydrogen) atoms. The average molecular weight is 333 g/mol. The standard InChI is InChI=1S/C19H27NO4/c1-18(2)12-23-15(8-16(21)22)11-20(18)10-14-7-5-6-13-9-19(3,4)24-17(13)14/h5-7,15H,8-12H2,1-4H3,(H,21,22). The number of carboxylic acid groups (broad SMARTS) is 1. The Balaban J connectivity index is 1.80. The Bertz CT molecular complexity index is 638. The lowest BCUT2D eigenvalue weighted by Crippen LogP contribution is -2.55. The summed E-state index contributed by atoms with van der Waals surface area (Å²) in [6.45, 7) is 10.4. The van der Waals surface area contributed by atoms with Crippen molar-refractivity contribution in [2.45, 2.75) is 64.3 Å². The molecule has 1 saturated heterocycles. The zero-order valence-corrected chi connectivity index (χ0v) is 15.0. The molecule has 1 fully saturated rings. The Kier molecular flexibility index (Phi) is 4.34. The van der Waals surface area contributed by atoms with Crippen LogP contribution >= 0.6 is 0 Å². The molecule has 0 saturated carbocycles. The molecular formula is C19H27NO4. The minimum absolute atomic E-state index is 0.0447. The van der Waals surface area contributed by atoms with E-state index in [1.807, 2.05) is 0 Å². The summed E-state index contributed by atoms with van der Waals surface area (Å²) in [7, 11) is 0. The van der Waals surface area contributed by atoms with E-state index in [2.05, 4.69) is 50.8 Å². The van der Waals surface area contributed by atoms with Crippen molar-refractivity contribution in [2.24, 2.45) is 0 Å². The zero-order valence-electron chi connectivity index (χ0n) is 15.0. The highest BCUT2D eigenvalue weighted by Crippen LogP contribution is 2.39. The predicted octanol–water partition coefficient (Wildman–Crippen LogP) is 2.85. The fraction of sp³-hybridized carbons (Fsp3) is 0.632. The van der Waals surface area contributed by atoms with Crippen molar-refractivity contribution < 1.29 is 19.4 Å². The molecule has 2 aliphatic heterocycles. The van der Waals surface area contributed by atoms with Gasteiger partial charge in [0.15, 0.2) is 0 Å². The smallest absolute Gasteiger partial charge is 0.306 e. The minimum Gasteiger partial charge on any atom is -0.487 e. The van der Waals surface area contributed by atoms with E-state index in [1.165, 1.54) is 11.1 Å². The van der Waals surface area contributed by atoms with Crippen molar-refractivity contribution in [1.82, 2.24) is 4.90 Å². The van der Waals surface area contributed by atoms with Gasteiger partial charge in [0, 0.05) is 30.6 Å². The molecule has 1 N–H and O–H groups in total. The van der Waals surface area contributed by atoms with E-state index in [9.17, 15) is 4.79 Å². The molecule has 1 aromatic rings. The van der Waals surface area contributed by atoms with Crippen molar-refractivity contribution in [1.29, 1.82) is 0 Å². The zero-order chi connectivity index (χ0) is 17.5. The first kappa shape index (κ1) is 17.2. The van der Waals surface area contributed by atoms with Crippen LogP contribution in [0.2, 0.25) is 0 Å². The third kappa shape index (κ3) is 3.57. The Morgan fingerprint density at radius 1 is 1.33 bits per heavy atom. The predicted molar refractivity (Wildman–Crippen MR) is 91.3 cm³/mol. The van der Waals surface area contributed by atoms with Crippen LogP contribution in [0, 0.1) is 0 Å². The molecule has 0 aliphatic carbocycles. The Morgan fingerprint density at radius 3 is 2.79 bits per heavy atom. The van der Waals surface area contributed by atoms with E-state index >= 15 is 0 Å². The Morgan fingerprint density at radius 2 is 2.08 bits per heavy atom. The van der Waals surface area contributed by atoms with E-state index in [4.69, 9.17) is 14.6 Å². The third-order valence-electron chi connectivity index (χ3n) is 4.89. The molecule has 1 aromatic carbocycles. The number of hydrogen-bond acceptors (Lipinski definition) is 4. The summed E-state index contributed by atoms with van der Waals surface area (Å²) in [5.41, 5.74) is 2.13. The monoisotopic (exact) mass is 333 g/mol. The van der Waals surface area contributed by atoms with Crippen LogP contribution < -0.4 is 4.74 Å². The van der Waals surface area contributed by atoms with E-state index < -0.39 is 5.97 Å². The molecular weight excluding hydrogens is 306 g/mol. The first-order chi connectivity index (χ1) is 11.2. The maximum absolute atomic E-state index is 11.0. The van der Waals surface area contributed by atoms with E-state index in [-0.39, 0.29) is 23.7 Å². The maximum Gasteiger partial charge on any atom is 0.306 e. The van der Waals surface area contributed by atoms with Crippen LogP contribution in [0.1, 0.15) is 45.2 Å². The first-order valence-electron chi connectivity index (χ1n) is 8.54. The van der Waals surface area contributed by atoms with Crippen molar-refractivity contribution in [3.8, 4) is 5.75 Å². The van der Waals surface area contributed by atoms with Gasteiger partial charge in [0.1, 0.15) is 11.4 Å². The van der Waals surface area contributed by atoms with Crippen molar-refractivity contribution in [3.05, 3.63) is 29.3 Å². The summed E-state index contributed by atoms with van der Waals surface area (Å²) in [6.07, 6.45) is 0.706. The van der Waals surface area contributed by atoms with Gasteiger partial charge < -0.3 is 14.6 Å². The van der Waals surface area contributed by atoms with E-state index in [0.29, 0.717) is 13.2 Å². The molecule has 0 aromatic heterocycles. The number of carbonyl (C=O) groups is 1. The van der Waals surface area contributed by atoms with Crippen LogP contribution in [0.25, 0.3) is 0 Å². The molecule has 3 rings (SSSR count). The summed E-state index contributed by atoms with van der Waals surface area (Å²) < 4.78 is 11.9. The average Bonchev–Trinajstić information content (AvgIpc) is 2.77. The fourth-order valence-electron chi connectivity index (χ4n) is 3.56. The number of hydrogen-bond donors (Lipinski definition) is 1. The SMILES string of the molecule is CC1(C)Cc2cccc(CN3CC(CC(=O)O)OCC3(C)C)c2O1. The van der Waals surface area contributed by atoms with Gasteiger partial charge in [0.25, 0.3) is 0 Å². The largest absolute Gasteiger partial charge is 0.487 e. The number of aliphatic carboxylic acids is 1. The molecule has 5 nitrogen and oxygen atoms in total. The van der Waals surface area contributed by atoms with Crippen LogP contribution in [0.15, 0.2) is 18.2 Å². The number of para-hydroxylation sites is 1. The fourth-order valence-corrected chi connectivity index (χ4v) is 3.56. The molecule has 1 atom stereocenters. The summed E-state index contributed by atoms with van der Waals surface area (Å²) in [4.78, 5) is 13.3. The summed E-state index contributed by atoms with van der Waals surface area (Å²) in [5.74, 6) is 0.185. The normalized spacial score (nSPS) is 25.1. The van der Waals surface area contributed by atoms with Crippen molar-refractivity contribution in [3.63, 3.8) is 0 Å². The van der Waals surface area contributed by atoms with Gasteiger partial charge in [0.05, 0.1) is 19.1 Å². The molecule has 2 heterocycles. The Labute approximate surface area is 143 Å². The highest BCUT2D eigenvalue weighted by atomic mass is 16.5. The number of nitrogens with zero attached hydrogens (tertiary/aromatic N) is 1. The summed E-state index contributed by atoms with van der Waals surface area (Å²) >= 11 is 0. The third-order valence-corrected chi connectivity index (χ3v) is 4.89. The van der Waals surface area contributed by atoms with Gasteiger partial charge in [-0.3, -0.25) is 9.69 Å². The van der Waals surface area contributed by atoms with Crippen LogP contribution in [0.5, 0.6) is 5.75 Å². The van der Waals surface area contributed by atoms with Crippen LogP contribution in [0.4, 0.5) is 0 Å². The number of carboxylic acids is 1. The van der Waals surface area contributed by atoms with Crippen molar-refractivity contribution >= 4 is 5.97 Å². The van der Waals surface area contributed by atoms with Crippen LogP contribution in [0.3, 0.4) is 0 Å². The first-order valence-corrected chi connectivity index (χ1v) is 8.54. The summed E-state index contributed by atoms with van der Waals surface area (Å²) in [5, 5.41) is 9.04. The lowest BCUT2D eigenvalue weighted by molar-refractivity contribution is -0.147. The van der Waals surface area contributed by atoms with E-state index in [0.717, 1.165) is 18.7 Å². The van der Waals surface area contributed by atoms with Gasteiger partial charge in [-0.2, -0.15) is 0 Å². The number of rotatable bonds is 4. The minimum atomic E-state index is -0.814. The molecule has 0 spiro atoms. The van der Waals surface area contributed by atoms with Crippen LogP contribution in [-0.4, -0.2) is 46.4 Å². The second-order valence-electron chi connectivity index (χ2n) is 8.17. The molecule has 132 valence electrons. The molecule has 1 unspecified atom stereocenters. The molecule has 0 bridgehead atoms. The topological polar surface area (TPSA) is 59.0 Å². The molecule has 0 radical (unpaired) electrons. The Hall–Kier alpha value is -1.59. The van der Waals surface area contributed by atoms with Gasteiger partial charge >= 0.3 is 5.97 Å². The summed E-state index contributed by atoms with van der Waals surface area (Å²) in [6, 6.07) is 6.32. The molecule has 5 heteroatoms.